The largest absolute Gasteiger partial charge is 2.00 e. The Hall–Kier alpha value is 1.01. The summed E-state index contributed by atoms with van der Waals surface area (Å²) >= 11 is 0. The van der Waals surface area contributed by atoms with Gasteiger partial charge in [-0.15, -0.1) is 0 Å². The molecule has 0 radical (unpaired) electrons. The Bertz CT molecular complexity index is 20.0. The molecule has 0 aliphatic carbocycles. The van der Waals surface area contributed by atoms with Crippen molar-refractivity contribution in [2.75, 3.05) is 6.54 Å². The molecule has 0 atom stereocenters. The molecule has 0 bridgehead atoms. The van der Waals surface area contributed by atoms with E-state index in [-0.39, 0.29) is 31.1 Å². The van der Waals surface area contributed by atoms with Crippen molar-refractivity contribution in [2.45, 2.75) is 19.3 Å². The Morgan fingerprint density at radius 2 is 1.86 bits per heavy atom. The van der Waals surface area contributed by atoms with Crippen LogP contribution in [0, 0.1) is 38.0 Å². The van der Waals surface area contributed by atoms with Crippen LogP contribution >= 0.6 is 0 Å². The van der Waals surface area contributed by atoms with Crippen LogP contribution in [0.25, 0.3) is 5.73 Å². The summed E-state index contributed by atoms with van der Waals surface area (Å²) in [7, 11) is 0. The third-order valence-electron chi connectivity index (χ3n) is 0.677. The molecule has 0 aromatic rings. The molecule has 0 spiro atoms. The molecule has 0 saturated heterocycles. The van der Waals surface area contributed by atoms with Gasteiger partial charge in [0.1, 0.15) is 0 Å². The van der Waals surface area contributed by atoms with Gasteiger partial charge in [-0.2, -0.15) is 13.0 Å². The minimum absolute atomic E-state index is 0. The van der Waals surface area contributed by atoms with Crippen LogP contribution in [-0.4, -0.2) is 6.54 Å². The summed E-state index contributed by atoms with van der Waals surface area (Å²) in [6, 6.07) is 0. The molecule has 0 aliphatic rings. The summed E-state index contributed by atoms with van der Waals surface area (Å²) in [6.07, 6.45) is 3.12. The van der Waals surface area contributed by atoms with E-state index in [1.165, 1.54) is 0 Å². The van der Waals surface area contributed by atoms with Gasteiger partial charge in [0.2, 0.25) is 0 Å². The molecule has 40 valence electrons. The van der Waals surface area contributed by atoms with Gasteiger partial charge in [-0.05, 0) is 0 Å². The fourth-order valence-electron chi connectivity index (χ4n) is 0.302. The van der Waals surface area contributed by atoms with E-state index in [2.05, 4.69) is 6.92 Å². The zero-order chi connectivity index (χ0) is 4.83. The summed E-state index contributed by atoms with van der Waals surface area (Å²) < 4.78 is 0. The standard InChI is InChI=1S/C5H11N.U/c1-2-3-4-5-6;/h6H,1-5H2;/q-2;+2. The Morgan fingerprint density at radius 1 is 1.29 bits per heavy atom. The number of hydrogen-bond donors (Lipinski definition) is 0. The second-order valence-corrected chi connectivity index (χ2v) is 1.31. The molecule has 1 nitrogen and oxygen atoms in total. The zero-order valence-electron chi connectivity index (χ0n) is 4.54. The van der Waals surface area contributed by atoms with Crippen molar-refractivity contribution in [1.29, 1.82) is 0 Å². The number of hydrogen-bond acceptors (Lipinski definition) is 0. The summed E-state index contributed by atoms with van der Waals surface area (Å²) in [5.41, 5.74) is 6.68. The second kappa shape index (κ2) is 10.1. The molecule has 0 heterocycles. The molecule has 1 N–H and O–H groups in total. The van der Waals surface area contributed by atoms with E-state index >= 15 is 0 Å². The first kappa shape index (κ1) is 10.9. The summed E-state index contributed by atoms with van der Waals surface area (Å²) in [5.74, 6) is 0. The first-order chi connectivity index (χ1) is 2.91. The minimum atomic E-state index is 0. The predicted octanol–water partition coefficient (Wildman–Crippen LogP) is 2.04. The van der Waals surface area contributed by atoms with Crippen LogP contribution in [0.4, 0.5) is 0 Å². The average Bonchev–Trinajstić information content (AvgIpc) is 1.61. The van der Waals surface area contributed by atoms with E-state index in [9.17, 15) is 0 Å². The van der Waals surface area contributed by atoms with Crippen LogP contribution in [0.5, 0.6) is 0 Å². The van der Waals surface area contributed by atoms with Crippen molar-refractivity contribution in [3.63, 3.8) is 0 Å². The fourth-order valence-corrected chi connectivity index (χ4v) is 0.302. The van der Waals surface area contributed by atoms with Crippen molar-refractivity contribution in [1.82, 2.24) is 0 Å². The Morgan fingerprint density at radius 3 is 2.00 bits per heavy atom. The predicted molar refractivity (Wildman–Crippen MR) is 28.4 cm³/mol. The second-order valence-electron chi connectivity index (χ2n) is 1.31. The summed E-state index contributed by atoms with van der Waals surface area (Å²) in [6.45, 7) is 4.20. The number of rotatable bonds is 3. The molecule has 0 amide bonds. The topological polar surface area (TPSA) is 23.8 Å². The van der Waals surface area contributed by atoms with E-state index in [1.54, 1.807) is 0 Å². The molecule has 0 unspecified atom stereocenters. The average molecular weight is 323 g/mol. The molecule has 0 aliphatic heterocycles. The van der Waals surface area contributed by atoms with Crippen molar-refractivity contribution >= 4 is 0 Å². The minimum Gasteiger partial charge on any atom is -0.677 e. The van der Waals surface area contributed by atoms with Crippen LogP contribution in [0.15, 0.2) is 0 Å². The maximum atomic E-state index is 6.68. The van der Waals surface area contributed by atoms with Crippen LogP contribution in [0.1, 0.15) is 19.3 Å². The zero-order valence-corrected chi connectivity index (χ0v) is 8.70. The van der Waals surface area contributed by atoms with Crippen LogP contribution in [0.2, 0.25) is 0 Å². The molecule has 7 heavy (non-hydrogen) atoms. The molecule has 0 aromatic carbocycles. The SMILES string of the molecule is [CH2-]CCCC[NH-].[U+2]. The third kappa shape index (κ3) is 10.9. The maximum absolute atomic E-state index is 6.68. The normalized spacial score (nSPS) is 7.71. The number of unbranched alkanes of at least 4 members (excludes halogenated alkanes) is 2. The van der Waals surface area contributed by atoms with Crippen molar-refractivity contribution < 1.29 is 31.1 Å². The quantitative estimate of drug-likeness (QED) is 0.561. The van der Waals surface area contributed by atoms with Crippen LogP contribution in [-0.2, 0) is 0 Å². The molecule has 0 fully saturated rings. The van der Waals surface area contributed by atoms with Gasteiger partial charge in [0, 0.05) is 0 Å². The molecule has 2 heteroatoms. The Kier molecular flexibility index (Phi) is 15.7. The molecule has 0 saturated carbocycles. The molecule has 0 rings (SSSR count). The first-order valence-corrected chi connectivity index (χ1v) is 2.35. The van der Waals surface area contributed by atoms with Gasteiger partial charge in [-0.25, -0.2) is 0 Å². The smallest absolute Gasteiger partial charge is 0.677 e. The van der Waals surface area contributed by atoms with E-state index in [0.29, 0.717) is 6.54 Å². The van der Waals surface area contributed by atoms with Gasteiger partial charge in [0.05, 0.1) is 0 Å². The van der Waals surface area contributed by atoms with Gasteiger partial charge in [-0.3, -0.25) is 0 Å². The van der Waals surface area contributed by atoms with Crippen molar-refractivity contribution in [2.24, 2.45) is 0 Å². The fraction of sp³-hybridized carbons (Fsp3) is 0.800. The van der Waals surface area contributed by atoms with Gasteiger partial charge in [0.25, 0.3) is 0 Å². The third-order valence-corrected chi connectivity index (χ3v) is 0.677. The molecular weight excluding hydrogens is 312 g/mol. The first-order valence-electron chi connectivity index (χ1n) is 2.35. The van der Waals surface area contributed by atoms with E-state index in [1.807, 2.05) is 0 Å². The summed E-state index contributed by atoms with van der Waals surface area (Å²) in [5, 5.41) is 0. The molecule has 0 aromatic heterocycles. The Balaban J connectivity index is 0. The van der Waals surface area contributed by atoms with E-state index in [0.717, 1.165) is 19.3 Å². The van der Waals surface area contributed by atoms with Gasteiger partial charge in [0.15, 0.2) is 0 Å². The van der Waals surface area contributed by atoms with Crippen LogP contribution < -0.4 is 0 Å². The van der Waals surface area contributed by atoms with Gasteiger partial charge >= 0.3 is 31.1 Å². The monoisotopic (exact) mass is 323 g/mol. The maximum Gasteiger partial charge on any atom is 2.00 e. The molecular formula is C5H11NU. The van der Waals surface area contributed by atoms with E-state index in [4.69, 9.17) is 5.73 Å². The van der Waals surface area contributed by atoms with Crippen molar-refractivity contribution in [3.8, 4) is 0 Å². The van der Waals surface area contributed by atoms with Crippen molar-refractivity contribution in [3.05, 3.63) is 12.7 Å². The van der Waals surface area contributed by atoms with Crippen LogP contribution in [0.3, 0.4) is 0 Å². The summed E-state index contributed by atoms with van der Waals surface area (Å²) in [4.78, 5) is 0. The van der Waals surface area contributed by atoms with E-state index < -0.39 is 0 Å². The Labute approximate surface area is 69.4 Å². The van der Waals surface area contributed by atoms with Gasteiger partial charge in [-0.1, -0.05) is 12.8 Å². The number of nitrogens with one attached hydrogen (secondary N) is 1. The van der Waals surface area contributed by atoms with Gasteiger partial charge < -0.3 is 12.7 Å².